The maximum atomic E-state index is 11.7. The number of carbonyl (C=O) groups excluding carboxylic acids is 1. The maximum absolute atomic E-state index is 11.7. The van der Waals surface area contributed by atoms with E-state index in [-0.39, 0.29) is 17.5 Å². The molecule has 0 unspecified atom stereocenters. The van der Waals surface area contributed by atoms with E-state index < -0.39 is 15.9 Å². The second kappa shape index (κ2) is 5.98. The first-order valence-electron chi connectivity index (χ1n) is 5.31. The molecule has 0 radical (unpaired) electrons. The van der Waals surface area contributed by atoms with Crippen LogP contribution in [0.15, 0.2) is 21.6 Å². The quantitative estimate of drug-likeness (QED) is 0.691. The first-order chi connectivity index (χ1) is 8.39. The number of hydrogen-bond donors (Lipinski definition) is 2. The van der Waals surface area contributed by atoms with Crippen molar-refractivity contribution in [1.82, 2.24) is 9.62 Å². The zero-order valence-electron chi connectivity index (χ0n) is 10.2. The number of hydrogen-bond acceptors (Lipinski definition) is 5. The number of rotatable bonds is 6. The minimum Gasteiger partial charge on any atom is -0.438 e. The topological polar surface area (TPSA) is 99.9 Å². The summed E-state index contributed by atoms with van der Waals surface area (Å²) in [5.74, 6) is -0.586. The standard InChI is InChI=1S/C10H16N2O5S/c1-12(2)18(15,16)9-5-4-8(17-9)10(14)11-6-3-7-13/h4-5,13H,3,6-7H2,1-2H3,(H,11,14). The fraction of sp³-hybridized carbons (Fsp3) is 0.500. The van der Waals surface area contributed by atoms with Gasteiger partial charge in [0.1, 0.15) is 0 Å². The Morgan fingerprint density at radius 3 is 2.67 bits per heavy atom. The average molecular weight is 276 g/mol. The molecule has 102 valence electrons. The van der Waals surface area contributed by atoms with Crippen molar-refractivity contribution in [3.63, 3.8) is 0 Å². The van der Waals surface area contributed by atoms with Gasteiger partial charge in [-0.2, -0.15) is 0 Å². The molecule has 1 aromatic rings. The van der Waals surface area contributed by atoms with Gasteiger partial charge in [-0.1, -0.05) is 0 Å². The van der Waals surface area contributed by atoms with E-state index in [4.69, 9.17) is 9.52 Å². The third kappa shape index (κ3) is 3.31. The summed E-state index contributed by atoms with van der Waals surface area (Å²) in [7, 11) is -0.920. The lowest BCUT2D eigenvalue weighted by molar-refractivity contribution is 0.0918. The Morgan fingerprint density at radius 2 is 2.11 bits per heavy atom. The van der Waals surface area contributed by atoms with Crippen molar-refractivity contribution < 1.29 is 22.7 Å². The molecule has 0 aliphatic carbocycles. The highest BCUT2D eigenvalue weighted by molar-refractivity contribution is 7.88. The molecule has 1 amide bonds. The van der Waals surface area contributed by atoms with E-state index in [0.29, 0.717) is 13.0 Å². The molecule has 1 aromatic heterocycles. The number of nitrogens with one attached hydrogen (secondary N) is 1. The molecule has 0 aliphatic rings. The second-order valence-electron chi connectivity index (χ2n) is 3.74. The van der Waals surface area contributed by atoms with Gasteiger partial charge in [0, 0.05) is 27.2 Å². The van der Waals surface area contributed by atoms with Crippen LogP contribution in [-0.2, 0) is 10.0 Å². The van der Waals surface area contributed by atoms with Crippen LogP contribution < -0.4 is 5.32 Å². The lowest BCUT2D eigenvalue weighted by Gasteiger charge is -2.07. The van der Waals surface area contributed by atoms with Crippen LogP contribution in [0.5, 0.6) is 0 Å². The third-order valence-corrected chi connectivity index (χ3v) is 3.85. The van der Waals surface area contributed by atoms with Gasteiger partial charge in [-0.3, -0.25) is 4.79 Å². The highest BCUT2D eigenvalue weighted by Crippen LogP contribution is 2.16. The van der Waals surface area contributed by atoms with Crippen molar-refractivity contribution in [3.8, 4) is 0 Å². The molecular weight excluding hydrogens is 260 g/mol. The van der Waals surface area contributed by atoms with E-state index >= 15 is 0 Å². The molecule has 0 saturated carbocycles. The van der Waals surface area contributed by atoms with E-state index in [9.17, 15) is 13.2 Å². The minimum atomic E-state index is -3.67. The predicted octanol–water partition coefficient (Wildman–Crippen LogP) is -0.358. The van der Waals surface area contributed by atoms with Gasteiger partial charge in [0.05, 0.1) is 0 Å². The third-order valence-electron chi connectivity index (χ3n) is 2.16. The van der Waals surface area contributed by atoms with Crippen molar-refractivity contribution >= 4 is 15.9 Å². The molecule has 1 heterocycles. The summed E-state index contributed by atoms with van der Waals surface area (Å²) < 4.78 is 29.4. The van der Waals surface area contributed by atoms with Crippen LogP contribution in [0.3, 0.4) is 0 Å². The normalized spacial score (nSPS) is 11.8. The van der Waals surface area contributed by atoms with Crippen molar-refractivity contribution in [2.45, 2.75) is 11.5 Å². The summed E-state index contributed by atoms with van der Waals surface area (Å²) in [4.78, 5) is 11.5. The summed E-state index contributed by atoms with van der Waals surface area (Å²) >= 11 is 0. The van der Waals surface area contributed by atoms with Crippen molar-refractivity contribution in [2.24, 2.45) is 0 Å². The molecule has 8 heteroatoms. The fourth-order valence-corrected chi connectivity index (χ4v) is 1.92. The Labute approximate surface area is 105 Å². The SMILES string of the molecule is CN(C)S(=O)(=O)c1ccc(C(=O)NCCCO)o1. The van der Waals surface area contributed by atoms with Crippen LogP contribution in [0.2, 0.25) is 0 Å². The van der Waals surface area contributed by atoms with Gasteiger partial charge in [0.2, 0.25) is 5.09 Å². The van der Waals surface area contributed by atoms with Gasteiger partial charge >= 0.3 is 0 Å². The summed E-state index contributed by atoms with van der Waals surface area (Å²) in [5.41, 5.74) is 0. The Bertz CT molecular complexity index is 506. The highest BCUT2D eigenvalue weighted by atomic mass is 32.2. The van der Waals surface area contributed by atoms with Crippen LogP contribution >= 0.6 is 0 Å². The molecular formula is C10H16N2O5S. The molecule has 18 heavy (non-hydrogen) atoms. The Balaban J connectivity index is 2.78. The number of furan rings is 1. The fourth-order valence-electron chi connectivity index (χ4n) is 1.13. The molecule has 0 aromatic carbocycles. The Kier molecular flexibility index (Phi) is 4.88. The Hall–Kier alpha value is -1.38. The van der Waals surface area contributed by atoms with E-state index in [1.807, 2.05) is 0 Å². The van der Waals surface area contributed by atoms with Crippen LogP contribution in [-0.4, -0.2) is 51.0 Å². The van der Waals surface area contributed by atoms with E-state index in [0.717, 1.165) is 4.31 Å². The second-order valence-corrected chi connectivity index (χ2v) is 5.82. The summed E-state index contributed by atoms with van der Waals surface area (Å²) in [5, 5.41) is 10.8. The number of carbonyl (C=O) groups is 1. The molecule has 0 aliphatic heterocycles. The zero-order chi connectivity index (χ0) is 13.8. The van der Waals surface area contributed by atoms with E-state index in [1.54, 1.807) is 0 Å². The van der Waals surface area contributed by atoms with Crippen molar-refractivity contribution in [1.29, 1.82) is 0 Å². The smallest absolute Gasteiger partial charge is 0.287 e. The van der Waals surface area contributed by atoms with Crippen molar-refractivity contribution in [2.75, 3.05) is 27.2 Å². The molecule has 0 fully saturated rings. The van der Waals surface area contributed by atoms with Gasteiger partial charge < -0.3 is 14.8 Å². The number of amides is 1. The molecule has 0 saturated heterocycles. The molecule has 0 atom stereocenters. The molecule has 1 rings (SSSR count). The first kappa shape index (κ1) is 14.7. The lowest BCUT2D eigenvalue weighted by Crippen LogP contribution is -2.25. The van der Waals surface area contributed by atoms with Crippen LogP contribution in [0.25, 0.3) is 0 Å². The predicted molar refractivity (Wildman–Crippen MR) is 63.6 cm³/mol. The van der Waals surface area contributed by atoms with E-state index in [2.05, 4.69) is 5.32 Å². The van der Waals surface area contributed by atoms with Gasteiger partial charge in [-0.15, -0.1) is 0 Å². The van der Waals surface area contributed by atoms with Crippen LogP contribution in [0.4, 0.5) is 0 Å². The largest absolute Gasteiger partial charge is 0.438 e. The number of nitrogens with zero attached hydrogens (tertiary/aromatic N) is 1. The van der Waals surface area contributed by atoms with Gasteiger partial charge in [-0.25, -0.2) is 12.7 Å². The summed E-state index contributed by atoms with van der Waals surface area (Å²) in [6.45, 7) is 0.268. The van der Waals surface area contributed by atoms with E-state index in [1.165, 1.54) is 26.2 Å². The average Bonchev–Trinajstić information content (AvgIpc) is 2.78. The van der Waals surface area contributed by atoms with Gasteiger partial charge in [0.25, 0.3) is 15.9 Å². The summed E-state index contributed by atoms with van der Waals surface area (Å²) in [6, 6.07) is 2.53. The lowest BCUT2D eigenvalue weighted by atomic mass is 10.4. The highest BCUT2D eigenvalue weighted by Gasteiger charge is 2.23. The molecule has 2 N–H and O–H groups in total. The number of sulfonamides is 1. The van der Waals surface area contributed by atoms with Gasteiger partial charge in [-0.05, 0) is 18.6 Å². The molecule has 0 bridgehead atoms. The van der Waals surface area contributed by atoms with Crippen LogP contribution in [0, 0.1) is 0 Å². The Morgan fingerprint density at radius 1 is 1.44 bits per heavy atom. The number of aliphatic hydroxyl groups is 1. The maximum Gasteiger partial charge on any atom is 0.287 e. The molecule has 0 spiro atoms. The number of aliphatic hydroxyl groups excluding tert-OH is 1. The first-order valence-corrected chi connectivity index (χ1v) is 6.75. The van der Waals surface area contributed by atoms with Gasteiger partial charge in [0.15, 0.2) is 5.76 Å². The molecule has 7 nitrogen and oxygen atoms in total. The summed E-state index contributed by atoms with van der Waals surface area (Å²) in [6.07, 6.45) is 0.426. The monoisotopic (exact) mass is 276 g/mol. The van der Waals surface area contributed by atoms with Crippen molar-refractivity contribution in [3.05, 3.63) is 17.9 Å². The van der Waals surface area contributed by atoms with Crippen LogP contribution in [0.1, 0.15) is 17.0 Å². The zero-order valence-corrected chi connectivity index (χ0v) is 11.0. The minimum absolute atomic E-state index is 0.0291.